The molecule has 16 atom stereocenters. The van der Waals surface area contributed by atoms with Gasteiger partial charge in [0.25, 0.3) is 11.7 Å². The second-order valence-corrected chi connectivity index (χ2v) is 22.3. The summed E-state index contributed by atoms with van der Waals surface area (Å²) in [5, 5.41) is 26.6. The third-order valence-corrected chi connectivity index (χ3v) is 17.0. The fraction of sp³-hybridized carbons (Fsp3) is 0.754. The van der Waals surface area contributed by atoms with Gasteiger partial charge in [0, 0.05) is 90.6 Å². The molecule has 3 N–H and O–H groups in total. The number of carbonyl (C=O) groups excluding carboxylic acids is 6. The first kappa shape index (κ1) is 60.1. The molecule has 0 spiro atoms. The summed E-state index contributed by atoms with van der Waals surface area (Å²) in [5.41, 5.74) is 1.25. The van der Waals surface area contributed by atoms with Crippen LogP contribution in [0.5, 0.6) is 0 Å². The molecule has 75 heavy (non-hydrogen) atoms. The van der Waals surface area contributed by atoms with Crippen LogP contribution in [0.4, 0.5) is 4.79 Å². The van der Waals surface area contributed by atoms with Crippen molar-refractivity contribution in [2.24, 2.45) is 41.4 Å². The van der Waals surface area contributed by atoms with E-state index in [9.17, 15) is 39.0 Å². The minimum absolute atomic E-state index is 0.00791. The molecule has 5 fully saturated rings. The summed E-state index contributed by atoms with van der Waals surface area (Å²) >= 11 is 0. The number of Topliss-reactive ketones (excluding diaryl/α,β-unsaturated/α-hetero) is 3. The Morgan fingerprint density at radius 3 is 2.31 bits per heavy atom. The summed E-state index contributed by atoms with van der Waals surface area (Å²) in [7, 11) is 4.54. The van der Waals surface area contributed by atoms with Gasteiger partial charge in [-0.05, 0) is 101 Å². The highest BCUT2D eigenvalue weighted by Crippen LogP contribution is 2.45. The SMILES string of the molecule is CO[C@H]1C[C@@H]2CC[C@@H](C)[C@@](O)(O2)C(=O)C(=O)N2CCCC3[C@H]2C(=O)O[C@@H](CC(=O)[C@H](C)/C=C(\C)[C@@H](O)[C@@H](OC)C(=O)[C@H](C)C[C@H](C)/C=C/C=C/C=C/1C)[C@H]3C[C@@H]1CC[C@@H](OC(=O)NCCN2CCOCC2)[C@H](OC)C1. The van der Waals surface area contributed by atoms with E-state index >= 15 is 0 Å². The van der Waals surface area contributed by atoms with E-state index in [1.807, 2.05) is 51.2 Å². The number of hydrogen-bond donors (Lipinski definition) is 3. The molecule has 18 nitrogen and oxygen atoms in total. The van der Waals surface area contributed by atoms with Crippen molar-refractivity contribution in [3.8, 4) is 0 Å². The predicted molar refractivity (Wildman–Crippen MR) is 278 cm³/mol. The third kappa shape index (κ3) is 15.3. The lowest BCUT2D eigenvalue weighted by atomic mass is 9.68. The van der Waals surface area contributed by atoms with Crippen LogP contribution in [0, 0.1) is 41.4 Å². The summed E-state index contributed by atoms with van der Waals surface area (Å²) in [6.07, 6.45) is 9.85. The first-order valence-corrected chi connectivity index (χ1v) is 27.5. The largest absolute Gasteiger partial charge is 0.460 e. The number of allylic oxidation sites excluding steroid dienone is 6. The first-order valence-electron chi connectivity index (χ1n) is 27.5. The number of ether oxygens (including phenoxy) is 7. The molecule has 0 aromatic heterocycles. The first-order chi connectivity index (χ1) is 35.8. The normalized spacial score (nSPS) is 39.9. The van der Waals surface area contributed by atoms with E-state index in [1.165, 1.54) is 12.0 Å². The van der Waals surface area contributed by atoms with Crippen LogP contribution in [0.2, 0.25) is 0 Å². The maximum atomic E-state index is 14.6. The lowest BCUT2D eigenvalue weighted by Crippen LogP contribution is -2.65. The molecule has 18 heteroatoms. The van der Waals surface area contributed by atoms with Gasteiger partial charge in [-0.3, -0.25) is 24.1 Å². The number of alkyl carbamates (subject to hydrolysis) is 1. The molecule has 1 saturated carbocycles. The Bertz CT molecular complexity index is 2100. The van der Waals surface area contributed by atoms with Crippen LogP contribution in [0.15, 0.2) is 47.6 Å². The zero-order valence-corrected chi connectivity index (χ0v) is 45.9. The third-order valence-electron chi connectivity index (χ3n) is 17.0. The summed E-state index contributed by atoms with van der Waals surface area (Å²) in [6.45, 7) is 14.9. The molecule has 0 radical (unpaired) electrons. The second kappa shape index (κ2) is 28.0. The van der Waals surface area contributed by atoms with Crippen LogP contribution in [-0.2, 0) is 57.1 Å². The highest BCUT2D eigenvalue weighted by atomic mass is 16.6. The Morgan fingerprint density at radius 2 is 1.60 bits per heavy atom. The fourth-order valence-electron chi connectivity index (χ4n) is 12.4. The van der Waals surface area contributed by atoms with Gasteiger partial charge in [-0.25, -0.2) is 9.59 Å². The summed E-state index contributed by atoms with van der Waals surface area (Å²) in [6, 6.07) is -1.17. The van der Waals surface area contributed by atoms with Crippen LogP contribution in [0.25, 0.3) is 0 Å². The molecule has 2 amide bonds. The molecular weight excluding hydrogens is 967 g/mol. The molecule has 6 bridgehead atoms. The zero-order chi connectivity index (χ0) is 54.6. The maximum absolute atomic E-state index is 14.6. The number of piperidine rings is 1. The molecule has 420 valence electrons. The Kier molecular flexibility index (Phi) is 22.4. The highest BCUT2D eigenvalue weighted by molar-refractivity contribution is 6.39. The van der Waals surface area contributed by atoms with Crippen molar-refractivity contribution in [2.45, 2.75) is 167 Å². The molecule has 6 aliphatic rings. The summed E-state index contributed by atoms with van der Waals surface area (Å²) in [5.74, 6) is -8.83. The number of fused-ring (bicyclic) bond motifs is 3. The van der Waals surface area contributed by atoms with E-state index in [2.05, 4.69) is 10.2 Å². The molecule has 5 heterocycles. The van der Waals surface area contributed by atoms with Crippen molar-refractivity contribution in [2.75, 3.05) is 67.3 Å². The molecule has 4 saturated heterocycles. The second-order valence-electron chi connectivity index (χ2n) is 22.3. The Labute approximate surface area is 444 Å². The topological polar surface area (TPSA) is 226 Å². The van der Waals surface area contributed by atoms with Gasteiger partial charge in [-0.2, -0.15) is 0 Å². The van der Waals surface area contributed by atoms with Crippen LogP contribution in [0.3, 0.4) is 0 Å². The number of hydrogen-bond acceptors (Lipinski definition) is 16. The zero-order valence-electron chi connectivity index (χ0n) is 45.9. The maximum Gasteiger partial charge on any atom is 0.407 e. The number of amides is 2. The number of methoxy groups -OCH3 is 3. The van der Waals surface area contributed by atoms with Gasteiger partial charge in [0.05, 0.1) is 31.5 Å². The van der Waals surface area contributed by atoms with Crippen LogP contribution >= 0.6 is 0 Å². The number of morpholine rings is 1. The number of nitrogens with zero attached hydrogens (tertiary/aromatic N) is 2. The van der Waals surface area contributed by atoms with Crippen LogP contribution in [-0.4, -0.2) is 177 Å². The number of rotatable bonds is 9. The standard InChI is InChI=1S/C57H87N3O15/c1-34-14-11-10-12-15-35(2)46(69-7)32-41-19-17-39(6)57(68,75-41)53(64)54(65)60-22-13-16-42-43(30-40-18-20-45(48(31-40)70-8)74-56(67)58-21-23-59-24-26-72-27-25-59)47(73-55(66)49(42)60)33-44(61)36(3)29-38(5)51(63)52(71-9)50(62)37(4)28-34/h10-12,14-15,29,34,36-37,39-43,45-49,51-52,63,68H,13,16-28,30-33H2,1-9H3,(H,58,67)/b12-10+,14-11+,35-15+,38-29+/t34-,36-,37-,39-,40+,41+,42?,43+,45-,46+,47+,48-,49+,51-,52+,57-/m1/s1. The lowest BCUT2D eigenvalue weighted by Gasteiger charge is -2.50. The number of ketones is 3. The molecule has 6 rings (SSSR count). The summed E-state index contributed by atoms with van der Waals surface area (Å²) < 4.78 is 41.3. The molecule has 1 unspecified atom stereocenters. The van der Waals surface area contributed by atoms with Gasteiger partial charge < -0.3 is 53.6 Å². The van der Waals surface area contributed by atoms with Gasteiger partial charge in [0.1, 0.15) is 36.2 Å². The average molecular weight is 1050 g/mol. The van der Waals surface area contributed by atoms with Crippen molar-refractivity contribution in [1.82, 2.24) is 15.1 Å². The van der Waals surface area contributed by atoms with Gasteiger partial charge in [-0.15, -0.1) is 0 Å². The molecule has 0 aromatic carbocycles. The minimum Gasteiger partial charge on any atom is -0.460 e. The Morgan fingerprint density at radius 1 is 0.853 bits per heavy atom. The number of aliphatic hydroxyl groups excluding tert-OH is 1. The molecule has 1 aliphatic carbocycles. The van der Waals surface area contributed by atoms with Crippen molar-refractivity contribution in [3.05, 3.63) is 47.6 Å². The predicted octanol–water partition coefficient (Wildman–Crippen LogP) is 5.47. The molecular formula is C57H87N3O15. The number of aliphatic hydroxyl groups is 2. The van der Waals surface area contributed by atoms with Crippen molar-refractivity contribution in [3.63, 3.8) is 0 Å². The number of esters is 1. The van der Waals surface area contributed by atoms with Crippen LogP contribution < -0.4 is 5.32 Å². The quantitative estimate of drug-likeness (QED) is 0.148. The van der Waals surface area contributed by atoms with Gasteiger partial charge >= 0.3 is 12.1 Å². The smallest absolute Gasteiger partial charge is 0.407 e. The van der Waals surface area contributed by atoms with E-state index < -0.39 is 108 Å². The van der Waals surface area contributed by atoms with E-state index in [0.717, 1.165) is 18.7 Å². The molecule has 0 aromatic rings. The summed E-state index contributed by atoms with van der Waals surface area (Å²) in [4.78, 5) is 88.3. The monoisotopic (exact) mass is 1050 g/mol. The van der Waals surface area contributed by atoms with Gasteiger partial charge in [0.2, 0.25) is 5.79 Å². The number of nitrogens with one attached hydrogen (secondary N) is 1. The van der Waals surface area contributed by atoms with E-state index in [0.29, 0.717) is 96.1 Å². The average Bonchev–Trinajstić information content (AvgIpc) is 3.39. The highest BCUT2D eigenvalue weighted by Gasteiger charge is 2.57. The van der Waals surface area contributed by atoms with Crippen LogP contribution in [0.1, 0.15) is 112 Å². The van der Waals surface area contributed by atoms with Crippen molar-refractivity contribution < 1.29 is 72.1 Å². The van der Waals surface area contributed by atoms with E-state index in [4.69, 9.17) is 33.2 Å². The fourth-order valence-corrected chi connectivity index (χ4v) is 12.4. The Balaban J connectivity index is 1.28. The minimum atomic E-state index is -2.46. The van der Waals surface area contributed by atoms with E-state index in [1.54, 1.807) is 41.1 Å². The lowest BCUT2D eigenvalue weighted by molar-refractivity contribution is -0.266. The Hall–Kier alpha value is -4.14. The van der Waals surface area contributed by atoms with Crippen molar-refractivity contribution >= 4 is 35.3 Å². The van der Waals surface area contributed by atoms with Gasteiger partial charge in [0.15, 0.2) is 5.78 Å². The van der Waals surface area contributed by atoms with Gasteiger partial charge in [-0.1, -0.05) is 64.2 Å². The van der Waals surface area contributed by atoms with Crippen molar-refractivity contribution in [1.29, 1.82) is 0 Å². The number of carbonyl (C=O) groups is 6. The van der Waals surface area contributed by atoms with E-state index in [-0.39, 0.29) is 36.4 Å². The molecule has 5 aliphatic heterocycles.